The lowest BCUT2D eigenvalue weighted by atomic mass is 9.83. The van der Waals surface area contributed by atoms with Crippen LogP contribution in [0.2, 0.25) is 5.02 Å². The lowest BCUT2D eigenvalue weighted by Gasteiger charge is -2.37. The molecule has 0 saturated carbocycles. The first-order valence-electron chi connectivity index (χ1n) is 4.68. The predicted octanol–water partition coefficient (Wildman–Crippen LogP) is 2.65. The molecular formula is C10H13ClO2S. The van der Waals surface area contributed by atoms with E-state index in [1.165, 1.54) is 11.3 Å². The van der Waals surface area contributed by atoms with Crippen molar-refractivity contribution in [1.82, 2.24) is 0 Å². The average Bonchev–Trinajstić information content (AvgIpc) is 2.57. The summed E-state index contributed by atoms with van der Waals surface area (Å²) >= 11 is 7.56. The van der Waals surface area contributed by atoms with Gasteiger partial charge in [0.25, 0.3) is 0 Å². The van der Waals surface area contributed by atoms with E-state index in [0.717, 1.165) is 4.88 Å². The Hall–Kier alpha value is -0.0900. The van der Waals surface area contributed by atoms with Gasteiger partial charge in [-0.2, -0.15) is 0 Å². The first kappa shape index (κ1) is 10.4. The molecule has 1 N–H and O–H groups in total. The van der Waals surface area contributed by atoms with Crippen molar-refractivity contribution in [3.05, 3.63) is 21.3 Å². The zero-order chi connectivity index (χ0) is 10.2. The van der Waals surface area contributed by atoms with Gasteiger partial charge in [0.15, 0.2) is 0 Å². The molecule has 2 nitrogen and oxygen atoms in total. The highest BCUT2D eigenvalue weighted by Gasteiger charge is 2.40. The second kappa shape index (κ2) is 3.81. The third kappa shape index (κ3) is 1.58. The lowest BCUT2D eigenvalue weighted by molar-refractivity contribution is -0.109. The van der Waals surface area contributed by atoms with Crippen LogP contribution in [0.1, 0.15) is 18.2 Å². The minimum absolute atomic E-state index is 0.104. The van der Waals surface area contributed by atoms with Crippen LogP contribution < -0.4 is 0 Å². The third-order valence-electron chi connectivity index (χ3n) is 2.82. The molecule has 4 heteroatoms. The van der Waals surface area contributed by atoms with Crippen LogP contribution in [0.15, 0.2) is 11.4 Å². The van der Waals surface area contributed by atoms with Gasteiger partial charge in [-0.1, -0.05) is 18.5 Å². The maximum atomic E-state index is 10.5. The molecule has 1 aromatic rings. The van der Waals surface area contributed by atoms with Crippen LogP contribution in [-0.2, 0) is 10.3 Å². The molecular weight excluding hydrogens is 220 g/mol. The third-order valence-corrected chi connectivity index (χ3v) is 4.33. The quantitative estimate of drug-likeness (QED) is 0.807. The fourth-order valence-electron chi connectivity index (χ4n) is 1.81. The van der Waals surface area contributed by atoms with Crippen LogP contribution in [0, 0.1) is 5.92 Å². The Morgan fingerprint density at radius 2 is 2.50 bits per heavy atom. The van der Waals surface area contributed by atoms with Crippen molar-refractivity contribution >= 4 is 22.9 Å². The van der Waals surface area contributed by atoms with Crippen molar-refractivity contribution in [3.63, 3.8) is 0 Å². The van der Waals surface area contributed by atoms with Gasteiger partial charge in [-0.15, -0.1) is 11.3 Å². The minimum atomic E-state index is -0.788. The summed E-state index contributed by atoms with van der Waals surface area (Å²) in [5, 5.41) is 13.1. The molecule has 1 aliphatic heterocycles. The van der Waals surface area contributed by atoms with E-state index in [-0.39, 0.29) is 5.92 Å². The maximum absolute atomic E-state index is 10.5. The molecule has 2 rings (SSSR count). The second-order valence-corrected chi connectivity index (χ2v) is 5.07. The Labute approximate surface area is 92.5 Å². The van der Waals surface area contributed by atoms with E-state index in [1.54, 1.807) is 0 Å². The molecule has 0 radical (unpaired) electrons. The van der Waals surface area contributed by atoms with Gasteiger partial charge in [0, 0.05) is 18.9 Å². The fourth-order valence-corrected chi connectivity index (χ4v) is 3.28. The summed E-state index contributed by atoms with van der Waals surface area (Å²) in [4.78, 5) is 0.884. The molecule has 78 valence electrons. The normalized spacial score (nSPS) is 33.2. The van der Waals surface area contributed by atoms with Gasteiger partial charge in [0.1, 0.15) is 5.60 Å². The summed E-state index contributed by atoms with van der Waals surface area (Å²) in [5.41, 5.74) is -0.788. The summed E-state index contributed by atoms with van der Waals surface area (Å²) in [5.74, 6) is 0.104. The number of hydrogen-bond acceptors (Lipinski definition) is 3. The molecule has 0 aliphatic carbocycles. The maximum Gasteiger partial charge on any atom is 0.107 e. The SMILES string of the molecule is CC1COCCC1(O)c1sccc1Cl. The number of thiophene rings is 1. The fraction of sp³-hybridized carbons (Fsp3) is 0.600. The van der Waals surface area contributed by atoms with Gasteiger partial charge < -0.3 is 9.84 Å². The van der Waals surface area contributed by atoms with Crippen LogP contribution in [0.4, 0.5) is 0 Å². The molecule has 0 amide bonds. The largest absolute Gasteiger partial charge is 0.384 e. The highest BCUT2D eigenvalue weighted by atomic mass is 35.5. The van der Waals surface area contributed by atoms with E-state index in [4.69, 9.17) is 16.3 Å². The van der Waals surface area contributed by atoms with Crippen LogP contribution in [-0.4, -0.2) is 18.3 Å². The molecule has 0 spiro atoms. The number of aliphatic hydroxyl groups is 1. The average molecular weight is 233 g/mol. The van der Waals surface area contributed by atoms with Crippen molar-refractivity contribution in [2.75, 3.05) is 13.2 Å². The highest BCUT2D eigenvalue weighted by molar-refractivity contribution is 7.10. The molecule has 1 aliphatic rings. The van der Waals surface area contributed by atoms with E-state index in [0.29, 0.717) is 24.7 Å². The van der Waals surface area contributed by atoms with E-state index in [9.17, 15) is 5.11 Å². The molecule has 14 heavy (non-hydrogen) atoms. The standard InChI is InChI=1S/C10H13ClO2S/c1-7-6-13-4-3-10(7,12)9-8(11)2-5-14-9/h2,5,7,12H,3-4,6H2,1H3. The zero-order valence-electron chi connectivity index (χ0n) is 8.00. The van der Waals surface area contributed by atoms with E-state index in [2.05, 4.69) is 0 Å². The van der Waals surface area contributed by atoms with E-state index in [1.807, 2.05) is 18.4 Å². The van der Waals surface area contributed by atoms with Crippen molar-refractivity contribution in [2.45, 2.75) is 18.9 Å². The summed E-state index contributed by atoms with van der Waals surface area (Å²) in [7, 11) is 0. The van der Waals surface area contributed by atoms with Gasteiger partial charge in [-0.05, 0) is 11.4 Å². The summed E-state index contributed by atoms with van der Waals surface area (Å²) < 4.78 is 5.32. The van der Waals surface area contributed by atoms with E-state index >= 15 is 0 Å². The molecule has 2 unspecified atom stereocenters. The first-order chi connectivity index (χ1) is 6.64. The molecule has 2 heterocycles. The summed E-state index contributed by atoms with van der Waals surface area (Å²) in [6.45, 7) is 3.20. The topological polar surface area (TPSA) is 29.5 Å². The smallest absolute Gasteiger partial charge is 0.107 e. The lowest BCUT2D eigenvalue weighted by Crippen LogP contribution is -2.40. The van der Waals surface area contributed by atoms with Crippen molar-refractivity contribution in [1.29, 1.82) is 0 Å². The first-order valence-corrected chi connectivity index (χ1v) is 5.94. The van der Waals surface area contributed by atoms with Gasteiger partial charge in [0.05, 0.1) is 16.5 Å². The van der Waals surface area contributed by atoms with Crippen LogP contribution in [0.5, 0.6) is 0 Å². The van der Waals surface area contributed by atoms with Crippen LogP contribution in [0.3, 0.4) is 0 Å². The van der Waals surface area contributed by atoms with Crippen molar-refractivity contribution in [3.8, 4) is 0 Å². The second-order valence-electron chi connectivity index (χ2n) is 3.75. The van der Waals surface area contributed by atoms with E-state index < -0.39 is 5.60 Å². The Balaban J connectivity index is 2.34. The van der Waals surface area contributed by atoms with Gasteiger partial charge in [0.2, 0.25) is 0 Å². The highest BCUT2D eigenvalue weighted by Crippen LogP contribution is 2.42. The van der Waals surface area contributed by atoms with Gasteiger partial charge in [-0.3, -0.25) is 0 Å². The van der Waals surface area contributed by atoms with Crippen molar-refractivity contribution in [2.24, 2.45) is 5.92 Å². The van der Waals surface area contributed by atoms with Gasteiger partial charge >= 0.3 is 0 Å². The minimum Gasteiger partial charge on any atom is -0.384 e. The molecule has 1 fully saturated rings. The number of ether oxygens (including phenoxy) is 1. The molecule has 0 aromatic carbocycles. The number of halogens is 1. The number of rotatable bonds is 1. The molecule has 1 aromatic heterocycles. The van der Waals surface area contributed by atoms with Crippen molar-refractivity contribution < 1.29 is 9.84 Å². The Kier molecular flexibility index (Phi) is 2.84. The van der Waals surface area contributed by atoms with Crippen LogP contribution in [0.25, 0.3) is 0 Å². The Morgan fingerprint density at radius 3 is 3.07 bits per heavy atom. The Bertz CT molecular complexity index is 326. The zero-order valence-corrected chi connectivity index (χ0v) is 9.57. The van der Waals surface area contributed by atoms with Crippen LogP contribution >= 0.6 is 22.9 Å². The molecule has 1 saturated heterocycles. The molecule has 2 atom stereocenters. The molecule has 0 bridgehead atoms. The van der Waals surface area contributed by atoms with Gasteiger partial charge in [-0.25, -0.2) is 0 Å². The summed E-state index contributed by atoms with van der Waals surface area (Å²) in [6.07, 6.45) is 0.633. The monoisotopic (exact) mass is 232 g/mol. The Morgan fingerprint density at radius 1 is 1.71 bits per heavy atom. The predicted molar refractivity (Wildman–Crippen MR) is 57.8 cm³/mol. The summed E-state index contributed by atoms with van der Waals surface area (Å²) in [6, 6.07) is 1.84. The number of hydrogen-bond donors (Lipinski definition) is 1.